The van der Waals surface area contributed by atoms with Crippen LogP contribution in [0.5, 0.6) is 0 Å². The van der Waals surface area contributed by atoms with E-state index in [0.29, 0.717) is 5.92 Å². The van der Waals surface area contributed by atoms with Crippen LogP contribution in [0, 0.1) is 34.5 Å². The normalized spacial score (nSPS) is 46.2. The van der Waals surface area contributed by atoms with E-state index in [2.05, 4.69) is 45.9 Å². The zero-order chi connectivity index (χ0) is 20.2. The van der Waals surface area contributed by atoms with E-state index in [9.17, 15) is 9.90 Å². The van der Waals surface area contributed by atoms with Gasteiger partial charge in [-0.05, 0) is 91.9 Å². The molecule has 2 fully saturated rings. The highest BCUT2D eigenvalue weighted by atomic mass is 16.3. The smallest absolute Gasteiger partial charge is 0.142 e. The second-order valence-electron chi connectivity index (χ2n) is 10.7. The monoisotopic (exact) mass is 382 g/mol. The standard InChI is InChI=1S/C26H38O2/c1-5-26(28)15-14-24(3)19(17-26)8-9-20-22-11-10-21(18(2)7-6-16-27)25(22,4)13-12-23(20)24/h6-8,10,16,18,20,22-23,28H,5,9,11-15,17H2,1-4H3/b7-6+/t18-,20+,22+,23+,24+,25-,26+/m1/s1. The lowest BCUT2D eigenvalue weighted by molar-refractivity contribution is -0.104. The molecule has 0 amide bonds. The van der Waals surface area contributed by atoms with Gasteiger partial charge >= 0.3 is 0 Å². The Balaban J connectivity index is 1.60. The molecule has 28 heavy (non-hydrogen) atoms. The summed E-state index contributed by atoms with van der Waals surface area (Å²) in [5.74, 6) is 2.61. The van der Waals surface area contributed by atoms with Crippen LogP contribution in [0.3, 0.4) is 0 Å². The first-order valence-corrected chi connectivity index (χ1v) is 11.5. The number of rotatable bonds is 4. The molecule has 4 aliphatic rings. The van der Waals surface area contributed by atoms with Crippen molar-refractivity contribution in [3.8, 4) is 0 Å². The van der Waals surface area contributed by atoms with Gasteiger partial charge in [0.2, 0.25) is 0 Å². The van der Waals surface area contributed by atoms with Crippen LogP contribution in [-0.4, -0.2) is 17.0 Å². The van der Waals surface area contributed by atoms with Gasteiger partial charge in [-0.1, -0.05) is 57.1 Å². The van der Waals surface area contributed by atoms with Crippen molar-refractivity contribution in [1.29, 1.82) is 0 Å². The van der Waals surface area contributed by atoms with Gasteiger partial charge in [0.1, 0.15) is 6.29 Å². The van der Waals surface area contributed by atoms with Crippen molar-refractivity contribution in [1.82, 2.24) is 0 Å². The van der Waals surface area contributed by atoms with Crippen molar-refractivity contribution in [2.45, 2.75) is 84.7 Å². The van der Waals surface area contributed by atoms with Crippen LogP contribution in [0.1, 0.15) is 79.1 Å². The summed E-state index contributed by atoms with van der Waals surface area (Å²) in [6, 6.07) is 0. The summed E-state index contributed by atoms with van der Waals surface area (Å²) in [6.07, 6.45) is 18.5. The van der Waals surface area contributed by atoms with E-state index in [1.165, 1.54) is 25.7 Å². The number of aliphatic hydroxyl groups is 1. The van der Waals surface area contributed by atoms with Gasteiger partial charge < -0.3 is 5.11 Å². The molecule has 0 heterocycles. The summed E-state index contributed by atoms with van der Waals surface area (Å²) < 4.78 is 0. The lowest BCUT2D eigenvalue weighted by atomic mass is 9.46. The van der Waals surface area contributed by atoms with Crippen molar-refractivity contribution in [2.75, 3.05) is 0 Å². The first-order valence-electron chi connectivity index (χ1n) is 11.5. The Morgan fingerprint density at radius 2 is 1.93 bits per heavy atom. The molecule has 0 saturated heterocycles. The minimum atomic E-state index is -0.468. The molecule has 0 aromatic carbocycles. The zero-order valence-electron chi connectivity index (χ0n) is 18.2. The number of hydrogen-bond acceptors (Lipinski definition) is 2. The SMILES string of the molecule is CC[C@]1(O)CC[C@@]2(C)C(=CC[C@@H]3[C@@H]2CC[C@]2(C)C([C@H](C)/C=C/C=O)=CC[C@@H]32)C1. The fraction of sp³-hybridized carbons (Fsp3) is 0.731. The molecule has 0 aromatic rings. The highest BCUT2D eigenvalue weighted by Gasteiger charge is 2.57. The van der Waals surface area contributed by atoms with Crippen LogP contribution < -0.4 is 0 Å². The van der Waals surface area contributed by atoms with Crippen molar-refractivity contribution in [2.24, 2.45) is 34.5 Å². The number of carbonyl (C=O) groups excluding carboxylic acids is 1. The molecule has 2 nitrogen and oxygen atoms in total. The van der Waals surface area contributed by atoms with E-state index >= 15 is 0 Å². The lowest BCUT2D eigenvalue weighted by Crippen LogP contribution is -2.51. The molecular formula is C26H38O2. The van der Waals surface area contributed by atoms with Crippen LogP contribution in [-0.2, 0) is 4.79 Å². The van der Waals surface area contributed by atoms with E-state index in [0.717, 1.165) is 49.7 Å². The molecule has 2 heteroatoms. The van der Waals surface area contributed by atoms with Crippen LogP contribution >= 0.6 is 0 Å². The summed E-state index contributed by atoms with van der Waals surface area (Å²) in [6.45, 7) is 9.38. The molecule has 0 spiro atoms. The van der Waals surface area contributed by atoms with Gasteiger partial charge in [-0.15, -0.1) is 0 Å². The van der Waals surface area contributed by atoms with Gasteiger partial charge in [-0.25, -0.2) is 0 Å². The predicted molar refractivity (Wildman–Crippen MR) is 115 cm³/mol. The van der Waals surface area contributed by atoms with E-state index < -0.39 is 5.60 Å². The molecule has 4 aliphatic carbocycles. The Morgan fingerprint density at radius 1 is 1.14 bits per heavy atom. The largest absolute Gasteiger partial charge is 0.390 e. The fourth-order valence-electron chi connectivity index (χ4n) is 7.64. The first-order chi connectivity index (χ1) is 13.3. The number of fused-ring (bicyclic) bond motifs is 5. The van der Waals surface area contributed by atoms with Crippen LogP contribution in [0.15, 0.2) is 35.5 Å². The Kier molecular flexibility index (Phi) is 5.01. The molecule has 0 unspecified atom stereocenters. The van der Waals surface area contributed by atoms with Crippen molar-refractivity contribution >= 4 is 6.29 Å². The van der Waals surface area contributed by atoms with E-state index in [1.54, 1.807) is 17.2 Å². The van der Waals surface area contributed by atoms with Crippen molar-refractivity contribution in [3.05, 3.63) is 35.5 Å². The van der Waals surface area contributed by atoms with E-state index in [1.807, 2.05) is 0 Å². The molecule has 2 saturated carbocycles. The quantitative estimate of drug-likeness (QED) is 0.367. The van der Waals surface area contributed by atoms with Crippen LogP contribution in [0.25, 0.3) is 0 Å². The second-order valence-corrected chi connectivity index (χ2v) is 10.7. The molecule has 154 valence electrons. The average Bonchev–Trinajstić information content (AvgIpc) is 3.04. The average molecular weight is 383 g/mol. The third kappa shape index (κ3) is 2.90. The topological polar surface area (TPSA) is 37.3 Å². The Labute approximate surface area is 171 Å². The van der Waals surface area contributed by atoms with E-state index in [-0.39, 0.29) is 10.8 Å². The molecular weight excluding hydrogens is 344 g/mol. The summed E-state index contributed by atoms with van der Waals surface area (Å²) in [5.41, 5.74) is 3.23. The van der Waals surface area contributed by atoms with Gasteiger partial charge in [-0.3, -0.25) is 4.79 Å². The highest BCUT2D eigenvalue weighted by Crippen LogP contribution is 2.66. The molecule has 1 N–H and O–H groups in total. The third-order valence-corrected chi connectivity index (χ3v) is 9.52. The highest BCUT2D eigenvalue weighted by molar-refractivity contribution is 5.64. The van der Waals surface area contributed by atoms with E-state index in [4.69, 9.17) is 0 Å². The minimum Gasteiger partial charge on any atom is -0.390 e. The first kappa shape index (κ1) is 20.1. The summed E-state index contributed by atoms with van der Waals surface area (Å²) in [4.78, 5) is 10.8. The predicted octanol–water partition coefficient (Wildman–Crippen LogP) is 6.02. The maximum absolute atomic E-state index is 10.9. The van der Waals surface area contributed by atoms with Gasteiger partial charge in [0, 0.05) is 0 Å². The third-order valence-electron chi connectivity index (χ3n) is 9.52. The van der Waals surface area contributed by atoms with Crippen molar-refractivity contribution in [3.63, 3.8) is 0 Å². The fourth-order valence-corrected chi connectivity index (χ4v) is 7.64. The van der Waals surface area contributed by atoms with Gasteiger partial charge in [0.15, 0.2) is 0 Å². The number of carbonyl (C=O) groups is 1. The van der Waals surface area contributed by atoms with Gasteiger partial charge in [0.25, 0.3) is 0 Å². The maximum atomic E-state index is 10.9. The molecule has 7 atom stereocenters. The summed E-state index contributed by atoms with van der Waals surface area (Å²) in [5, 5.41) is 10.9. The van der Waals surface area contributed by atoms with Gasteiger partial charge in [0.05, 0.1) is 5.60 Å². The summed E-state index contributed by atoms with van der Waals surface area (Å²) >= 11 is 0. The number of hydrogen-bond donors (Lipinski definition) is 1. The molecule has 0 aromatic heterocycles. The minimum absolute atomic E-state index is 0.286. The van der Waals surface area contributed by atoms with Crippen LogP contribution in [0.2, 0.25) is 0 Å². The zero-order valence-corrected chi connectivity index (χ0v) is 18.2. The number of aldehydes is 1. The molecule has 0 bridgehead atoms. The molecule has 0 radical (unpaired) electrons. The molecule has 0 aliphatic heterocycles. The number of allylic oxidation sites excluding steroid dienone is 5. The van der Waals surface area contributed by atoms with Crippen molar-refractivity contribution < 1.29 is 9.90 Å². The van der Waals surface area contributed by atoms with Gasteiger partial charge in [-0.2, -0.15) is 0 Å². The second kappa shape index (κ2) is 6.97. The lowest BCUT2D eigenvalue weighted by Gasteiger charge is -2.59. The Hall–Kier alpha value is -1.15. The Morgan fingerprint density at radius 3 is 2.64 bits per heavy atom. The maximum Gasteiger partial charge on any atom is 0.142 e. The summed E-state index contributed by atoms with van der Waals surface area (Å²) in [7, 11) is 0. The van der Waals surface area contributed by atoms with Crippen LogP contribution in [0.4, 0.5) is 0 Å². The Bertz CT molecular complexity index is 731. The molecule has 4 rings (SSSR count).